The molecule has 1 aromatic heterocycles. The molecule has 0 saturated carbocycles. The summed E-state index contributed by atoms with van der Waals surface area (Å²) in [6.07, 6.45) is 3.34. The minimum absolute atomic E-state index is 0.160. The van der Waals surface area contributed by atoms with E-state index in [1.807, 2.05) is 30.3 Å². The molecule has 0 radical (unpaired) electrons. The van der Waals surface area contributed by atoms with Crippen molar-refractivity contribution in [2.24, 2.45) is 0 Å². The van der Waals surface area contributed by atoms with Gasteiger partial charge in [0.25, 0.3) is 0 Å². The zero-order chi connectivity index (χ0) is 14.7. The van der Waals surface area contributed by atoms with Crippen LogP contribution in [0.4, 0.5) is 5.69 Å². The molecular formula is C16H15N3O2. The third kappa shape index (κ3) is 2.72. The van der Waals surface area contributed by atoms with Gasteiger partial charge in [-0.25, -0.2) is 0 Å². The molecule has 0 atom stereocenters. The van der Waals surface area contributed by atoms with E-state index in [1.54, 1.807) is 18.5 Å². The number of nitrogens with one attached hydrogen (secondary N) is 1. The first-order valence-electron chi connectivity index (χ1n) is 6.57. The standard InChI is InChI=1S/C16H15N3O2/c1-21-15-4-2-3-11(16(15)20)10-19-12-5-6-13-14(9-12)18-8-7-17-13/h2-9,19-20H,10H2,1H3. The summed E-state index contributed by atoms with van der Waals surface area (Å²) < 4.78 is 5.10. The Hall–Kier alpha value is -2.82. The molecule has 0 fully saturated rings. The van der Waals surface area contributed by atoms with Crippen molar-refractivity contribution in [3.05, 3.63) is 54.4 Å². The number of anilines is 1. The number of benzene rings is 2. The quantitative estimate of drug-likeness (QED) is 0.769. The lowest BCUT2D eigenvalue weighted by molar-refractivity contribution is 0.371. The highest BCUT2D eigenvalue weighted by atomic mass is 16.5. The SMILES string of the molecule is COc1cccc(CNc2ccc3nccnc3c2)c1O. The highest BCUT2D eigenvalue weighted by Gasteiger charge is 2.07. The Bertz CT molecular complexity index is 774. The van der Waals surface area contributed by atoms with E-state index >= 15 is 0 Å². The van der Waals surface area contributed by atoms with Gasteiger partial charge in [-0.3, -0.25) is 9.97 Å². The number of hydrogen-bond donors (Lipinski definition) is 2. The molecule has 0 aliphatic carbocycles. The first kappa shape index (κ1) is 13.2. The molecule has 0 amide bonds. The van der Waals surface area contributed by atoms with Crippen molar-refractivity contribution in [3.8, 4) is 11.5 Å². The van der Waals surface area contributed by atoms with Gasteiger partial charge in [-0.2, -0.15) is 0 Å². The zero-order valence-electron chi connectivity index (χ0n) is 11.6. The molecule has 2 aromatic carbocycles. The lowest BCUT2D eigenvalue weighted by Gasteiger charge is -2.11. The third-order valence-corrected chi connectivity index (χ3v) is 3.25. The molecule has 5 heteroatoms. The largest absolute Gasteiger partial charge is 0.504 e. The van der Waals surface area contributed by atoms with Gasteiger partial charge < -0.3 is 15.2 Å². The highest BCUT2D eigenvalue weighted by Crippen LogP contribution is 2.29. The molecule has 0 aliphatic heterocycles. The smallest absolute Gasteiger partial charge is 0.162 e. The van der Waals surface area contributed by atoms with Crippen LogP contribution in [0.15, 0.2) is 48.8 Å². The normalized spacial score (nSPS) is 10.5. The monoisotopic (exact) mass is 281 g/mol. The molecule has 3 rings (SSSR count). The van der Waals surface area contributed by atoms with Crippen LogP contribution in [0.3, 0.4) is 0 Å². The van der Waals surface area contributed by atoms with E-state index in [1.165, 1.54) is 7.11 Å². The molecule has 0 spiro atoms. The number of aromatic hydroxyl groups is 1. The van der Waals surface area contributed by atoms with Crippen molar-refractivity contribution in [1.82, 2.24) is 9.97 Å². The average Bonchev–Trinajstić information content (AvgIpc) is 2.54. The summed E-state index contributed by atoms with van der Waals surface area (Å²) in [5.41, 5.74) is 3.38. The van der Waals surface area contributed by atoms with Crippen LogP contribution >= 0.6 is 0 Å². The van der Waals surface area contributed by atoms with Crippen molar-refractivity contribution in [1.29, 1.82) is 0 Å². The molecule has 1 heterocycles. The number of ether oxygens (including phenoxy) is 1. The number of fused-ring (bicyclic) bond motifs is 1. The first-order chi connectivity index (χ1) is 10.3. The molecule has 0 saturated heterocycles. The molecular weight excluding hydrogens is 266 g/mol. The van der Waals surface area contributed by atoms with E-state index < -0.39 is 0 Å². The molecule has 106 valence electrons. The van der Waals surface area contributed by atoms with Crippen molar-refractivity contribution < 1.29 is 9.84 Å². The number of methoxy groups -OCH3 is 1. The molecule has 0 aliphatic rings. The summed E-state index contributed by atoms with van der Waals surface area (Å²) in [5, 5.41) is 13.3. The van der Waals surface area contributed by atoms with Gasteiger partial charge in [0.15, 0.2) is 11.5 Å². The maximum atomic E-state index is 10.1. The number of phenolic OH excluding ortho intramolecular Hbond substituents is 1. The first-order valence-corrected chi connectivity index (χ1v) is 6.57. The van der Waals surface area contributed by atoms with Gasteiger partial charge in [-0.15, -0.1) is 0 Å². The summed E-state index contributed by atoms with van der Waals surface area (Å²) in [6.45, 7) is 0.495. The van der Waals surface area contributed by atoms with E-state index in [0.717, 1.165) is 22.3 Å². The summed E-state index contributed by atoms with van der Waals surface area (Å²) in [6, 6.07) is 11.2. The third-order valence-electron chi connectivity index (χ3n) is 3.25. The van der Waals surface area contributed by atoms with E-state index in [4.69, 9.17) is 4.74 Å². The van der Waals surface area contributed by atoms with Crippen molar-refractivity contribution in [2.75, 3.05) is 12.4 Å². The van der Waals surface area contributed by atoms with Crippen LogP contribution in [0.5, 0.6) is 11.5 Å². The van der Waals surface area contributed by atoms with Crippen LogP contribution < -0.4 is 10.1 Å². The predicted octanol–water partition coefficient (Wildman–Crippen LogP) is 2.96. The molecule has 3 aromatic rings. The van der Waals surface area contributed by atoms with Crippen LogP contribution in [-0.4, -0.2) is 22.2 Å². The van der Waals surface area contributed by atoms with E-state index in [0.29, 0.717) is 12.3 Å². The second kappa shape index (κ2) is 5.66. The number of hydrogen-bond acceptors (Lipinski definition) is 5. The second-order valence-electron chi connectivity index (χ2n) is 4.58. The van der Waals surface area contributed by atoms with E-state index in [-0.39, 0.29) is 5.75 Å². The van der Waals surface area contributed by atoms with Gasteiger partial charge in [-0.1, -0.05) is 12.1 Å². The number of nitrogens with zero attached hydrogens (tertiary/aromatic N) is 2. The minimum atomic E-state index is 0.160. The Labute approximate surface area is 122 Å². The Morgan fingerprint density at radius 3 is 2.71 bits per heavy atom. The van der Waals surface area contributed by atoms with E-state index in [2.05, 4.69) is 15.3 Å². The topological polar surface area (TPSA) is 67.3 Å². The number of aromatic nitrogens is 2. The minimum Gasteiger partial charge on any atom is -0.504 e. The fourth-order valence-corrected chi connectivity index (χ4v) is 2.15. The van der Waals surface area contributed by atoms with Crippen molar-refractivity contribution >= 4 is 16.7 Å². The average molecular weight is 281 g/mol. The van der Waals surface area contributed by atoms with Gasteiger partial charge in [-0.05, 0) is 24.3 Å². The second-order valence-corrected chi connectivity index (χ2v) is 4.58. The van der Waals surface area contributed by atoms with Gasteiger partial charge in [0.1, 0.15) is 0 Å². The van der Waals surface area contributed by atoms with Gasteiger partial charge in [0.2, 0.25) is 0 Å². The fraction of sp³-hybridized carbons (Fsp3) is 0.125. The molecule has 2 N–H and O–H groups in total. The van der Waals surface area contributed by atoms with Crippen LogP contribution in [0, 0.1) is 0 Å². The maximum absolute atomic E-state index is 10.1. The van der Waals surface area contributed by atoms with Crippen molar-refractivity contribution in [3.63, 3.8) is 0 Å². The number of para-hydroxylation sites is 1. The molecule has 0 unspecified atom stereocenters. The predicted molar refractivity (Wildman–Crippen MR) is 81.5 cm³/mol. The summed E-state index contributed by atoms with van der Waals surface area (Å²) in [4.78, 5) is 8.50. The Balaban J connectivity index is 1.80. The van der Waals surface area contributed by atoms with Gasteiger partial charge in [0, 0.05) is 30.2 Å². The van der Waals surface area contributed by atoms with Gasteiger partial charge in [0.05, 0.1) is 18.1 Å². The van der Waals surface area contributed by atoms with Crippen molar-refractivity contribution in [2.45, 2.75) is 6.54 Å². The molecule has 5 nitrogen and oxygen atoms in total. The lowest BCUT2D eigenvalue weighted by atomic mass is 10.1. The lowest BCUT2D eigenvalue weighted by Crippen LogP contribution is -2.00. The number of rotatable bonds is 4. The number of phenols is 1. The maximum Gasteiger partial charge on any atom is 0.162 e. The Morgan fingerprint density at radius 1 is 1.10 bits per heavy atom. The highest BCUT2D eigenvalue weighted by molar-refractivity contribution is 5.78. The zero-order valence-corrected chi connectivity index (χ0v) is 11.6. The fourth-order valence-electron chi connectivity index (χ4n) is 2.15. The summed E-state index contributed by atoms with van der Waals surface area (Å²) >= 11 is 0. The molecule has 21 heavy (non-hydrogen) atoms. The Kier molecular flexibility index (Phi) is 3.55. The Morgan fingerprint density at radius 2 is 1.90 bits per heavy atom. The van der Waals surface area contributed by atoms with Gasteiger partial charge >= 0.3 is 0 Å². The van der Waals surface area contributed by atoms with Crippen LogP contribution in [0.2, 0.25) is 0 Å². The summed E-state index contributed by atoms with van der Waals surface area (Å²) in [5.74, 6) is 0.631. The van der Waals surface area contributed by atoms with Crippen LogP contribution in [-0.2, 0) is 6.54 Å². The van der Waals surface area contributed by atoms with Crippen LogP contribution in [0.1, 0.15) is 5.56 Å². The molecule has 0 bridgehead atoms. The van der Waals surface area contributed by atoms with Crippen LogP contribution in [0.25, 0.3) is 11.0 Å². The van der Waals surface area contributed by atoms with E-state index in [9.17, 15) is 5.11 Å². The summed E-state index contributed by atoms with van der Waals surface area (Å²) in [7, 11) is 1.54.